The summed E-state index contributed by atoms with van der Waals surface area (Å²) in [6.07, 6.45) is 34.6. The van der Waals surface area contributed by atoms with Gasteiger partial charge in [-0.2, -0.15) is 0 Å². The van der Waals surface area contributed by atoms with Crippen molar-refractivity contribution in [2.45, 2.75) is 199 Å². The molecule has 0 radical (unpaired) electrons. The smallest absolute Gasteiger partial charge is 0.206 e. The van der Waals surface area contributed by atoms with Crippen LogP contribution in [0.5, 0.6) is 0 Å². The zero-order chi connectivity index (χ0) is 25.7. The van der Waals surface area contributed by atoms with E-state index < -0.39 is 5.85 Å². The van der Waals surface area contributed by atoms with Crippen molar-refractivity contribution in [3.63, 3.8) is 0 Å². The molecule has 0 aliphatic rings. The molecule has 0 aliphatic heterocycles. The third kappa shape index (κ3) is 30.0. The van der Waals surface area contributed by atoms with Crippen molar-refractivity contribution < 1.29 is 14.6 Å². The molecule has 2 N–H and O–H groups in total. The molecular formula is C32H65FO2. The molecule has 0 aliphatic carbocycles. The van der Waals surface area contributed by atoms with Crippen molar-refractivity contribution in [1.82, 2.24) is 0 Å². The van der Waals surface area contributed by atoms with Gasteiger partial charge in [0.1, 0.15) is 0 Å². The lowest BCUT2D eigenvalue weighted by Gasteiger charge is -2.18. The van der Waals surface area contributed by atoms with Crippen LogP contribution in [0.4, 0.5) is 4.39 Å². The van der Waals surface area contributed by atoms with Gasteiger partial charge in [0.2, 0.25) is 5.85 Å². The Morgan fingerprint density at radius 3 is 0.886 bits per heavy atom. The molecule has 0 saturated carbocycles. The van der Waals surface area contributed by atoms with Crippen molar-refractivity contribution in [3.05, 3.63) is 0 Å². The van der Waals surface area contributed by atoms with Gasteiger partial charge in [0, 0.05) is 19.4 Å². The van der Waals surface area contributed by atoms with Gasteiger partial charge in [0.15, 0.2) is 0 Å². The van der Waals surface area contributed by atoms with Gasteiger partial charge in [-0.25, -0.2) is 4.39 Å². The number of halogens is 1. The molecule has 1 atom stereocenters. The average Bonchev–Trinajstić information content (AvgIpc) is 2.84. The van der Waals surface area contributed by atoms with Crippen LogP contribution in [0.1, 0.15) is 193 Å². The van der Waals surface area contributed by atoms with Crippen LogP contribution >= 0.6 is 0 Å². The van der Waals surface area contributed by atoms with Gasteiger partial charge in [-0.15, -0.1) is 0 Å². The molecule has 212 valence electrons. The standard InChI is InChI=1S/C32H65FO2/c1-2-3-4-5-6-7-8-9-10-11-12-13-14-15-17-20-23-26-29-32(33,35)30-27-24-21-18-16-19-22-25-28-31-34/h34-35H,2-31H2,1H3. The summed E-state index contributed by atoms with van der Waals surface area (Å²) in [5.74, 6) is -1.95. The number of hydrogen-bond acceptors (Lipinski definition) is 2. The number of aliphatic hydroxyl groups excluding tert-OH is 1. The highest BCUT2D eigenvalue weighted by Gasteiger charge is 2.24. The maximum Gasteiger partial charge on any atom is 0.206 e. The van der Waals surface area contributed by atoms with Crippen LogP contribution in [0, 0.1) is 0 Å². The lowest BCUT2D eigenvalue weighted by Crippen LogP contribution is -2.21. The van der Waals surface area contributed by atoms with Crippen LogP contribution in [-0.2, 0) is 0 Å². The van der Waals surface area contributed by atoms with Gasteiger partial charge >= 0.3 is 0 Å². The topological polar surface area (TPSA) is 40.5 Å². The van der Waals surface area contributed by atoms with E-state index in [9.17, 15) is 9.50 Å². The van der Waals surface area contributed by atoms with Crippen LogP contribution in [0.3, 0.4) is 0 Å². The molecule has 0 fully saturated rings. The second-order valence-electron chi connectivity index (χ2n) is 11.3. The van der Waals surface area contributed by atoms with Gasteiger partial charge in [-0.3, -0.25) is 0 Å². The van der Waals surface area contributed by atoms with Crippen LogP contribution in [0.25, 0.3) is 0 Å². The minimum atomic E-state index is -1.95. The summed E-state index contributed by atoms with van der Waals surface area (Å²) < 4.78 is 14.3. The van der Waals surface area contributed by atoms with E-state index in [1.165, 1.54) is 128 Å². The highest BCUT2D eigenvalue weighted by Crippen LogP contribution is 2.25. The van der Waals surface area contributed by atoms with Gasteiger partial charge in [0.05, 0.1) is 0 Å². The number of rotatable bonds is 30. The summed E-state index contributed by atoms with van der Waals surface area (Å²) in [6.45, 7) is 2.59. The summed E-state index contributed by atoms with van der Waals surface area (Å²) in [4.78, 5) is 0. The van der Waals surface area contributed by atoms with Crippen molar-refractivity contribution in [2.24, 2.45) is 0 Å². The van der Waals surface area contributed by atoms with Crippen molar-refractivity contribution >= 4 is 0 Å². The van der Waals surface area contributed by atoms with Gasteiger partial charge < -0.3 is 10.2 Å². The Kier molecular flexibility index (Phi) is 28.3. The third-order valence-corrected chi connectivity index (χ3v) is 7.63. The molecule has 0 aromatic rings. The molecule has 0 heterocycles. The summed E-state index contributed by atoms with van der Waals surface area (Å²) >= 11 is 0. The lowest BCUT2D eigenvalue weighted by atomic mass is 9.99. The zero-order valence-electron chi connectivity index (χ0n) is 24.0. The van der Waals surface area contributed by atoms with Gasteiger partial charge in [-0.05, 0) is 19.3 Å². The van der Waals surface area contributed by atoms with Gasteiger partial charge in [-0.1, -0.05) is 161 Å². The van der Waals surface area contributed by atoms with E-state index in [0.29, 0.717) is 19.4 Å². The van der Waals surface area contributed by atoms with Crippen LogP contribution in [-0.4, -0.2) is 22.7 Å². The largest absolute Gasteiger partial charge is 0.396 e. The van der Waals surface area contributed by atoms with Gasteiger partial charge in [0.25, 0.3) is 0 Å². The molecule has 0 spiro atoms. The third-order valence-electron chi connectivity index (χ3n) is 7.63. The highest BCUT2D eigenvalue weighted by molar-refractivity contribution is 4.66. The zero-order valence-corrected chi connectivity index (χ0v) is 24.0. The SMILES string of the molecule is CCCCCCCCCCCCCCCCCCCCC(O)(F)CCCCCCCCCCCO. The Morgan fingerprint density at radius 2 is 0.629 bits per heavy atom. The first kappa shape index (κ1) is 34.9. The van der Waals surface area contributed by atoms with E-state index in [1.807, 2.05) is 0 Å². The van der Waals surface area contributed by atoms with Crippen molar-refractivity contribution in [2.75, 3.05) is 6.61 Å². The van der Waals surface area contributed by atoms with E-state index >= 15 is 0 Å². The molecule has 1 unspecified atom stereocenters. The summed E-state index contributed by atoms with van der Waals surface area (Å²) in [7, 11) is 0. The Balaban J connectivity index is 3.25. The van der Waals surface area contributed by atoms with E-state index in [1.54, 1.807) is 0 Å². The predicted octanol–water partition coefficient (Wildman–Crippen LogP) is 11.0. The van der Waals surface area contributed by atoms with E-state index in [4.69, 9.17) is 5.11 Å². The van der Waals surface area contributed by atoms with E-state index in [0.717, 1.165) is 44.9 Å². The lowest BCUT2D eigenvalue weighted by molar-refractivity contribution is -0.103. The highest BCUT2D eigenvalue weighted by atomic mass is 19.2. The fourth-order valence-corrected chi connectivity index (χ4v) is 5.17. The first-order chi connectivity index (χ1) is 17.1. The number of unbranched alkanes of at least 4 members (excludes halogenated alkanes) is 25. The fraction of sp³-hybridized carbons (Fsp3) is 1.00. The minimum absolute atomic E-state index is 0.308. The summed E-state index contributed by atoms with van der Waals surface area (Å²) in [5, 5.41) is 18.7. The van der Waals surface area contributed by atoms with E-state index in [-0.39, 0.29) is 0 Å². The molecule has 0 rings (SSSR count). The quantitative estimate of drug-likeness (QED) is 0.0962. The minimum Gasteiger partial charge on any atom is -0.396 e. The molecule has 3 heteroatoms. The fourth-order valence-electron chi connectivity index (χ4n) is 5.17. The van der Waals surface area contributed by atoms with Crippen LogP contribution in [0.15, 0.2) is 0 Å². The monoisotopic (exact) mass is 500 g/mol. The van der Waals surface area contributed by atoms with E-state index in [2.05, 4.69) is 6.92 Å². The molecule has 0 bridgehead atoms. The Hall–Kier alpha value is -0.150. The number of hydrogen-bond donors (Lipinski definition) is 2. The molecule has 35 heavy (non-hydrogen) atoms. The van der Waals surface area contributed by atoms with Crippen molar-refractivity contribution in [3.8, 4) is 0 Å². The summed E-state index contributed by atoms with van der Waals surface area (Å²) in [6, 6.07) is 0. The molecule has 0 saturated heterocycles. The number of aliphatic hydroxyl groups is 2. The molecule has 0 aromatic heterocycles. The molecule has 2 nitrogen and oxygen atoms in total. The first-order valence-electron chi connectivity index (χ1n) is 16.1. The maximum absolute atomic E-state index is 14.3. The average molecular weight is 501 g/mol. The van der Waals surface area contributed by atoms with Crippen LogP contribution < -0.4 is 0 Å². The number of alkyl halides is 1. The second-order valence-corrected chi connectivity index (χ2v) is 11.3. The maximum atomic E-state index is 14.3. The Labute approximate surface area is 220 Å². The molecule has 0 amide bonds. The predicted molar refractivity (Wildman–Crippen MR) is 153 cm³/mol. The normalized spacial score (nSPS) is 13.4. The summed E-state index contributed by atoms with van der Waals surface area (Å²) in [5.41, 5.74) is 0. The van der Waals surface area contributed by atoms with Crippen LogP contribution in [0.2, 0.25) is 0 Å². The Morgan fingerprint density at radius 1 is 0.400 bits per heavy atom. The van der Waals surface area contributed by atoms with Crippen molar-refractivity contribution in [1.29, 1.82) is 0 Å². The molecule has 0 aromatic carbocycles. The first-order valence-corrected chi connectivity index (χ1v) is 16.1. The second kappa shape index (κ2) is 28.4. The Bertz CT molecular complexity index is 386. The molecular weight excluding hydrogens is 435 g/mol.